The molecule has 10 heteroatoms. The summed E-state index contributed by atoms with van der Waals surface area (Å²) in [7, 11) is 0. The van der Waals surface area contributed by atoms with Crippen molar-refractivity contribution in [2.75, 3.05) is 0 Å². The van der Waals surface area contributed by atoms with Crippen molar-refractivity contribution in [2.24, 2.45) is 0 Å². The molecule has 0 radical (unpaired) electrons. The topological polar surface area (TPSA) is 74.4 Å². The first-order valence-corrected chi connectivity index (χ1v) is 8.06. The van der Waals surface area contributed by atoms with E-state index in [0.717, 1.165) is 5.69 Å². The third kappa shape index (κ3) is 3.85. The fourth-order valence-electron chi connectivity index (χ4n) is 2.53. The fourth-order valence-corrected chi connectivity index (χ4v) is 2.53. The molecule has 28 heavy (non-hydrogen) atoms. The normalized spacial score (nSPS) is 11.6. The predicted molar refractivity (Wildman–Crippen MR) is 91.9 cm³/mol. The number of rotatable bonds is 4. The molecule has 7 nitrogen and oxygen atoms in total. The number of ether oxygens (including phenoxy) is 2. The molecule has 3 heterocycles. The molecule has 0 aliphatic rings. The van der Waals surface area contributed by atoms with Crippen molar-refractivity contribution in [3.8, 4) is 28.9 Å². The zero-order valence-corrected chi connectivity index (χ0v) is 14.4. The molecule has 0 aliphatic heterocycles. The van der Waals surface area contributed by atoms with E-state index in [0.29, 0.717) is 16.9 Å². The minimum atomic E-state index is -4.77. The molecule has 0 N–H and O–H groups in total. The van der Waals surface area contributed by atoms with Crippen molar-refractivity contribution in [2.45, 2.75) is 13.3 Å². The van der Waals surface area contributed by atoms with Crippen molar-refractivity contribution < 1.29 is 22.6 Å². The number of fused-ring (bicyclic) bond motifs is 1. The van der Waals surface area contributed by atoms with Crippen LogP contribution in [0.4, 0.5) is 13.2 Å². The fraction of sp³-hybridized carbons (Fsp3) is 0.111. The number of nitrogens with zero attached hydrogens (tertiary/aromatic N) is 5. The molecular formula is C18H12F3N5O2. The van der Waals surface area contributed by atoms with E-state index >= 15 is 0 Å². The standard InChI is InChI=1S/C18H12F3N5O2/c1-11-7-8-22-17(24-11)27-16-6-5-15-23-10-14(26(15)25-16)12-3-2-4-13(9-12)28-18(19,20)21/h2-10H,1H3. The maximum atomic E-state index is 12.5. The van der Waals surface area contributed by atoms with Gasteiger partial charge < -0.3 is 9.47 Å². The van der Waals surface area contributed by atoms with Gasteiger partial charge in [-0.25, -0.2) is 19.5 Å². The van der Waals surface area contributed by atoms with Gasteiger partial charge in [0.15, 0.2) is 5.65 Å². The lowest BCUT2D eigenvalue weighted by atomic mass is 10.1. The number of hydrogen-bond acceptors (Lipinski definition) is 6. The predicted octanol–water partition coefficient (Wildman–Crippen LogP) is 4.19. The van der Waals surface area contributed by atoms with Gasteiger partial charge >= 0.3 is 12.4 Å². The SMILES string of the molecule is Cc1ccnc(Oc2ccc3ncc(-c4cccc(OC(F)(F)F)c4)n3n2)n1. The number of halogens is 3. The Labute approximate surface area is 156 Å². The Balaban J connectivity index is 1.70. The molecule has 142 valence electrons. The molecule has 4 rings (SSSR count). The van der Waals surface area contributed by atoms with Gasteiger partial charge in [-0.15, -0.1) is 18.3 Å². The van der Waals surface area contributed by atoms with E-state index in [2.05, 4.69) is 24.8 Å². The van der Waals surface area contributed by atoms with Crippen LogP contribution >= 0.6 is 0 Å². The Morgan fingerprint density at radius 2 is 1.89 bits per heavy atom. The Bertz CT molecular complexity index is 1140. The van der Waals surface area contributed by atoms with Crippen LogP contribution in [0.15, 0.2) is 54.9 Å². The molecule has 0 fully saturated rings. The van der Waals surface area contributed by atoms with Crippen LogP contribution < -0.4 is 9.47 Å². The maximum absolute atomic E-state index is 12.5. The number of aromatic nitrogens is 5. The van der Waals surface area contributed by atoms with Crippen molar-refractivity contribution in [1.29, 1.82) is 0 Å². The van der Waals surface area contributed by atoms with Crippen LogP contribution in [-0.2, 0) is 0 Å². The number of alkyl halides is 3. The molecule has 0 unspecified atom stereocenters. The second-order valence-electron chi connectivity index (χ2n) is 5.74. The van der Waals surface area contributed by atoms with Crippen LogP contribution in [0.1, 0.15) is 5.69 Å². The largest absolute Gasteiger partial charge is 0.573 e. The van der Waals surface area contributed by atoms with Gasteiger partial charge in [-0.1, -0.05) is 12.1 Å². The average Bonchev–Trinajstić information content (AvgIpc) is 3.04. The van der Waals surface area contributed by atoms with Crippen molar-refractivity contribution in [1.82, 2.24) is 24.6 Å². The molecule has 0 saturated heterocycles. The van der Waals surface area contributed by atoms with E-state index in [1.165, 1.54) is 28.9 Å². The summed E-state index contributed by atoms with van der Waals surface area (Å²) >= 11 is 0. The van der Waals surface area contributed by atoms with E-state index < -0.39 is 6.36 Å². The Hall–Kier alpha value is -3.69. The van der Waals surface area contributed by atoms with Gasteiger partial charge in [0.1, 0.15) is 5.75 Å². The van der Waals surface area contributed by atoms with Gasteiger partial charge in [0, 0.05) is 23.5 Å². The maximum Gasteiger partial charge on any atom is 0.573 e. The van der Waals surface area contributed by atoms with E-state index in [9.17, 15) is 13.2 Å². The lowest BCUT2D eigenvalue weighted by Gasteiger charge is -2.10. The van der Waals surface area contributed by atoms with Gasteiger partial charge in [-0.2, -0.15) is 0 Å². The molecule has 0 amide bonds. The number of benzene rings is 1. The molecule has 3 aromatic heterocycles. The summed E-state index contributed by atoms with van der Waals surface area (Å²) in [5, 5.41) is 4.33. The molecule has 0 atom stereocenters. The third-order valence-electron chi connectivity index (χ3n) is 3.67. The number of hydrogen-bond donors (Lipinski definition) is 0. The average molecular weight is 387 g/mol. The van der Waals surface area contributed by atoms with Crippen LogP contribution in [-0.4, -0.2) is 30.9 Å². The van der Waals surface area contributed by atoms with Crippen LogP contribution in [0.2, 0.25) is 0 Å². The molecule has 4 aromatic rings. The minimum Gasteiger partial charge on any atom is -0.406 e. The number of imidazole rings is 1. The van der Waals surface area contributed by atoms with E-state index in [-0.39, 0.29) is 17.6 Å². The van der Waals surface area contributed by atoms with Crippen LogP contribution in [0.5, 0.6) is 17.6 Å². The van der Waals surface area contributed by atoms with Gasteiger partial charge in [-0.05, 0) is 31.2 Å². The first-order chi connectivity index (χ1) is 13.4. The molecule has 0 aliphatic carbocycles. The molecule has 0 bridgehead atoms. The lowest BCUT2D eigenvalue weighted by molar-refractivity contribution is -0.274. The Morgan fingerprint density at radius 3 is 2.68 bits per heavy atom. The second kappa shape index (κ2) is 6.80. The van der Waals surface area contributed by atoms with Gasteiger partial charge in [0.25, 0.3) is 0 Å². The summed E-state index contributed by atoms with van der Waals surface area (Å²) in [5.74, 6) is -0.124. The molecular weight excluding hydrogens is 375 g/mol. The highest BCUT2D eigenvalue weighted by atomic mass is 19.4. The zero-order valence-electron chi connectivity index (χ0n) is 14.4. The lowest BCUT2D eigenvalue weighted by Crippen LogP contribution is -2.17. The summed E-state index contributed by atoms with van der Waals surface area (Å²) in [6.07, 6.45) is -1.71. The first kappa shape index (κ1) is 17.7. The minimum absolute atomic E-state index is 0.133. The van der Waals surface area contributed by atoms with Crippen LogP contribution in [0.3, 0.4) is 0 Å². The Kier molecular flexibility index (Phi) is 4.30. The van der Waals surface area contributed by atoms with Gasteiger partial charge in [0.05, 0.1) is 11.9 Å². The molecule has 1 aromatic carbocycles. The smallest absolute Gasteiger partial charge is 0.406 e. The summed E-state index contributed by atoms with van der Waals surface area (Å²) in [5.41, 5.74) is 2.15. The van der Waals surface area contributed by atoms with Gasteiger partial charge in [-0.3, -0.25) is 0 Å². The van der Waals surface area contributed by atoms with Crippen LogP contribution in [0, 0.1) is 6.92 Å². The molecule has 0 spiro atoms. The summed E-state index contributed by atoms with van der Waals surface area (Å²) < 4.78 is 48.4. The number of aryl methyl sites for hydroxylation is 1. The quantitative estimate of drug-likeness (QED) is 0.523. The van der Waals surface area contributed by atoms with Crippen LogP contribution in [0.25, 0.3) is 16.9 Å². The van der Waals surface area contributed by atoms with E-state index in [1.807, 2.05) is 0 Å². The highest BCUT2D eigenvalue weighted by Gasteiger charge is 2.31. The second-order valence-corrected chi connectivity index (χ2v) is 5.74. The third-order valence-corrected chi connectivity index (χ3v) is 3.67. The van der Waals surface area contributed by atoms with Gasteiger partial charge in [0.2, 0.25) is 5.88 Å². The Morgan fingerprint density at radius 1 is 1.04 bits per heavy atom. The first-order valence-electron chi connectivity index (χ1n) is 8.06. The summed E-state index contributed by atoms with van der Waals surface area (Å²) in [4.78, 5) is 12.4. The van der Waals surface area contributed by atoms with Crippen molar-refractivity contribution in [3.63, 3.8) is 0 Å². The summed E-state index contributed by atoms with van der Waals surface area (Å²) in [6.45, 7) is 1.80. The highest BCUT2D eigenvalue weighted by molar-refractivity contribution is 5.64. The van der Waals surface area contributed by atoms with E-state index in [4.69, 9.17) is 4.74 Å². The monoisotopic (exact) mass is 387 g/mol. The zero-order chi connectivity index (χ0) is 19.7. The highest BCUT2D eigenvalue weighted by Crippen LogP contribution is 2.28. The molecule has 0 saturated carbocycles. The summed E-state index contributed by atoms with van der Waals surface area (Å²) in [6, 6.07) is 10.7. The van der Waals surface area contributed by atoms with E-state index in [1.54, 1.807) is 37.4 Å². The van der Waals surface area contributed by atoms with Crippen molar-refractivity contribution >= 4 is 5.65 Å². The van der Waals surface area contributed by atoms with Crippen molar-refractivity contribution in [3.05, 3.63) is 60.6 Å².